The standard InChI is InChI=1S/C14H17FN4O2/c1-3-14(2,13(20)21)9-19-12(16-17-18-19)8-10-6-4-5-7-11(10)15/h4-7H,3,8-9H2,1-2H3,(H,20,21). The lowest BCUT2D eigenvalue weighted by atomic mass is 9.88. The molecule has 0 aliphatic carbocycles. The van der Waals surface area contributed by atoms with Gasteiger partial charge in [-0.2, -0.15) is 0 Å². The summed E-state index contributed by atoms with van der Waals surface area (Å²) in [5.41, 5.74) is -0.485. The number of benzene rings is 1. The number of carbonyl (C=O) groups is 1. The first-order chi connectivity index (χ1) is 9.96. The molecule has 0 aliphatic heterocycles. The van der Waals surface area contributed by atoms with Crippen LogP contribution in [-0.2, 0) is 17.8 Å². The van der Waals surface area contributed by atoms with E-state index in [1.165, 1.54) is 10.7 Å². The van der Waals surface area contributed by atoms with Gasteiger partial charge in [-0.1, -0.05) is 25.1 Å². The Bertz CT molecular complexity index is 643. The molecular formula is C14H17FN4O2. The zero-order valence-corrected chi connectivity index (χ0v) is 12.0. The average molecular weight is 292 g/mol. The number of nitrogens with zero attached hydrogens (tertiary/aromatic N) is 4. The number of carboxylic acid groups (broad SMARTS) is 1. The zero-order valence-electron chi connectivity index (χ0n) is 12.0. The van der Waals surface area contributed by atoms with Gasteiger partial charge in [0, 0.05) is 6.42 Å². The number of hydrogen-bond donors (Lipinski definition) is 1. The van der Waals surface area contributed by atoms with E-state index in [4.69, 9.17) is 0 Å². The second-order valence-electron chi connectivity index (χ2n) is 5.24. The van der Waals surface area contributed by atoms with E-state index in [9.17, 15) is 14.3 Å². The second kappa shape index (κ2) is 5.99. The smallest absolute Gasteiger partial charge is 0.311 e. The van der Waals surface area contributed by atoms with Crippen LogP contribution >= 0.6 is 0 Å². The summed E-state index contributed by atoms with van der Waals surface area (Å²) < 4.78 is 15.1. The molecule has 2 rings (SSSR count). The summed E-state index contributed by atoms with van der Waals surface area (Å²) in [7, 11) is 0. The fraction of sp³-hybridized carbons (Fsp3) is 0.429. The van der Waals surface area contributed by atoms with Crippen molar-refractivity contribution in [2.24, 2.45) is 5.41 Å². The maximum atomic E-state index is 13.7. The molecule has 0 fully saturated rings. The molecule has 2 aromatic rings. The Morgan fingerprint density at radius 3 is 2.76 bits per heavy atom. The lowest BCUT2D eigenvalue weighted by Gasteiger charge is -2.22. The third-order valence-corrected chi connectivity index (χ3v) is 3.71. The minimum absolute atomic E-state index is 0.148. The lowest BCUT2D eigenvalue weighted by molar-refractivity contribution is -0.149. The van der Waals surface area contributed by atoms with Crippen molar-refractivity contribution in [3.05, 3.63) is 41.5 Å². The molecule has 0 saturated heterocycles. The zero-order chi connectivity index (χ0) is 15.5. The first kappa shape index (κ1) is 15.1. The molecule has 0 saturated carbocycles. The predicted octanol–water partition coefficient (Wildman–Crippen LogP) is 1.90. The van der Waals surface area contributed by atoms with E-state index in [0.29, 0.717) is 17.8 Å². The summed E-state index contributed by atoms with van der Waals surface area (Å²) in [5.74, 6) is -0.790. The van der Waals surface area contributed by atoms with Gasteiger partial charge in [-0.15, -0.1) is 5.10 Å². The molecule has 1 aromatic heterocycles. The molecule has 0 aliphatic rings. The second-order valence-corrected chi connectivity index (χ2v) is 5.24. The van der Waals surface area contributed by atoms with Crippen molar-refractivity contribution in [2.45, 2.75) is 33.2 Å². The molecule has 0 bridgehead atoms. The van der Waals surface area contributed by atoms with Gasteiger partial charge in [-0.05, 0) is 35.4 Å². The summed E-state index contributed by atoms with van der Waals surface area (Å²) >= 11 is 0. The van der Waals surface area contributed by atoms with E-state index < -0.39 is 11.4 Å². The van der Waals surface area contributed by atoms with Crippen molar-refractivity contribution < 1.29 is 14.3 Å². The number of hydrogen-bond acceptors (Lipinski definition) is 4. The summed E-state index contributed by atoms with van der Waals surface area (Å²) in [6.07, 6.45) is 0.667. The van der Waals surface area contributed by atoms with Crippen LogP contribution in [0, 0.1) is 11.2 Å². The number of rotatable bonds is 6. The SMILES string of the molecule is CCC(C)(Cn1nnnc1Cc1ccccc1F)C(=O)O. The maximum Gasteiger partial charge on any atom is 0.311 e. The summed E-state index contributed by atoms with van der Waals surface area (Å²) in [4.78, 5) is 11.4. The van der Waals surface area contributed by atoms with Gasteiger partial charge < -0.3 is 5.11 Å². The predicted molar refractivity (Wildman–Crippen MR) is 73.1 cm³/mol. The molecule has 1 N–H and O–H groups in total. The highest BCUT2D eigenvalue weighted by Gasteiger charge is 2.33. The number of carboxylic acids is 1. The molecule has 7 heteroatoms. The Labute approximate surface area is 121 Å². The van der Waals surface area contributed by atoms with E-state index in [2.05, 4.69) is 15.5 Å². The number of tetrazole rings is 1. The summed E-state index contributed by atoms with van der Waals surface area (Å²) in [6.45, 7) is 3.59. The monoisotopic (exact) mass is 292 g/mol. The minimum atomic E-state index is -0.959. The normalized spacial score (nSPS) is 13.9. The van der Waals surface area contributed by atoms with E-state index in [1.54, 1.807) is 32.0 Å². The van der Waals surface area contributed by atoms with E-state index in [1.807, 2.05) is 0 Å². The van der Waals surface area contributed by atoms with Gasteiger partial charge in [0.2, 0.25) is 0 Å². The van der Waals surface area contributed by atoms with Gasteiger partial charge in [0.15, 0.2) is 5.82 Å². The van der Waals surface area contributed by atoms with Gasteiger partial charge in [0.05, 0.1) is 12.0 Å². The Kier molecular flexibility index (Phi) is 4.30. The first-order valence-electron chi connectivity index (χ1n) is 6.68. The minimum Gasteiger partial charge on any atom is -0.481 e. The Morgan fingerprint density at radius 2 is 2.14 bits per heavy atom. The quantitative estimate of drug-likeness (QED) is 0.879. The fourth-order valence-electron chi connectivity index (χ4n) is 1.95. The largest absolute Gasteiger partial charge is 0.481 e. The molecule has 1 heterocycles. The maximum absolute atomic E-state index is 13.7. The molecule has 1 aromatic carbocycles. The molecule has 0 spiro atoms. The van der Waals surface area contributed by atoms with Crippen molar-refractivity contribution in [2.75, 3.05) is 0 Å². The van der Waals surface area contributed by atoms with Crippen LogP contribution < -0.4 is 0 Å². The molecule has 21 heavy (non-hydrogen) atoms. The van der Waals surface area contributed by atoms with Crippen LogP contribution in [0.2, 0.25) is 0 Å². The van der Waals surface area contributed by atoms with Crippen LogP contribution in [0.4, 0.5) is 4.39 Å². The molecule has 1 unspecified atom stereocenters. The third kappa shape index (κ3) is 3.24. The number of halogens is 1. The first-order valence-corrected chi connectivity index (χ1v) is 6.68. The molecule has 1 atom stereocenters. The van der Waals surface area contributed by atoms with Crippen molar-refractivity contribution in [1.29, 1.82) is 0 Å². The number of aliphatic carboxylic acids is 1. The fourth-order valence-corrected chi connectivity index (χ4v) is 1.95. The molecule has 112 valence electrons. The van der Waals surface area contributed by atoms with Gasteiger partial charge in [-0.25, -0.2) is 9.07 Å². The van der Waals surface area contributed by atoms with Crippen LogP contribution in [0.25, 0.3) is 0 Å². The van der Waals surface area contributed by atoms with Crippen molar-refractivity contribution >= 4 is 5.97 Å². The van der Waals surface area contributed by atoms with Crippen LogP contribution in [0.1, 0.15) is 31.7 Å². The molecule has 6 nitrogen and oxygen atoms in total. The van der Waals surface area contributed by atoms with Crippen molar-refractivity contribution in [3.63, 3.8) is 0 Å². The highest BCUT2D eigenvalue weighted by atomic mass is 19.1. The summed E-state index contributed by atoms with van der Waals surface area (Å²) in [5, 5.41) is 20.6. The Hall–Kier alpha value is -2.31. The van der Waals surface area contributed by atoms with Crippen LogP contribution in [0.5, 0.6) is 0 Å². The Morgan fingerprint density at radius 1 is 1.43 bits per heavy atom. The van der Waals surface area contributed by atoms with Gasteiger partial charge >= 0.3 is 5.97 Å². The molecule has 0 radical (unpaired) electrons. The van der Waals surface area contributed by atoms with E-state index in [-0.39, 0.29) is 18.8 Å². The highest BCUT2D eigenvalue weighted by molar-refractivity contribution is 5.73. The van der Waals surface area contributed by atoms with Crippen molar-refractivity contribution in [1.82, 2.24) is 20.2 Å². The van der Waals surface area contributed by atoms with Crippen LogP contribution in [-0.4, -0.2) is 31.3 Å². The summed E-state index contributed by atoms with van der Waals surface area (Å²) in [6, 6.07) is 6.38. The van der Waals surface area contributed by atoms with Gasteiger partial charge in [-0.3, -0.25) is 4.79 Å². The van der Waals surface area contributed by atoms with Crippen LogP contribution in [0.15, 0.2) is 24.3 Å². The van der Waals surface area contributed by atoms with E-state index >= 15 is 0 Å². The van der Waals surface area contributed by atoms with Crippen molar-refractivity contribution in [3.8, 4) is 0 Å². The average Bonchev–Trinajstić information content (AvgIpc) is 2.88. The Balaban J connectivity index is 2.23. The molecular weight excluding hydrogens is 275 g/mol. The highest BCUT2D eigenvalue weighted by Crippen LogP contribution is 2.24. The van der Waals surface area contributed by atoms with E-state index in [0.717, 1.165) is 0 Å². The number of aromatic nitrogens is 4. The van der Waals surface area contributed by atoms with Gasteiger partial charge in [0.1, 0.15) is 5.82 Å². The molecule has 0 amide bonds. The topological polar surface area (TPSA) is 80.9 Å². The van der Waals surface area contributed by atoms with Crippen LogP contribution in [0.3, 0.4) is 0 Å². The third-order valence-electron chi connectivity index (χ3n) is 3.71. The van der Waals surface area contributed by atoms with Gasteiger partial charge in [0.25, 0.3) is 0 Å². The lowest BCUT2D eigenvalue weighted by Crippen LogP contribution is -2.33.